The Hall–Kier alpha value is 0.270. The number of hydrogen-bond acceptors (Lipinski definition) is 4. The average Bonchev–Trinajstić information content (AvgIpc) is 1.86. The van der Waals surface area contributed by atoms with Gasteiger partial charge in [-0.15, -0.1) is 0 Å². The smallest absolute Gasteiger partial charge is 0.327 e. The lowest BCUT2D eigenvalue weighted by atomic mass is 9.84. The normalized spacial score (nSPS) is 21.8. The quantitative estimate of drug-likeness (QED) is 0.623. The molecule has 0 bridgehead atoms. The van der Waals surface area contributed by atoms with E-state index in [-0.39, 0.29) is 5.41 Å². The first-order valence-electron chi connectivity index (χ1n) is 3.57. The molecule has 11 heavy (non-hydrogen) atoms. The molecule has 0 saturated carbocycles. The van der Waals surface area contributed by atoms with Crippen LogP contribution >= 0.6 is 8.60 Å². The maximum Gasteiger partial charge on any atom is 0.327 e. The molecule has 1 aliphatic rings. The summed E-state index contributed by atoms with van der Waals surface area (Å²) in [5, 5.41) is 0. The Kier molecular flexibility index (Phi) is 3.22. The summed E-state index contributed by atoms with van der Waals surface area (Å²) in [5.74, 6) is 0. The van der Waals surface area contributed by atoms with Crippen molar-refractivity contribution in [1.82, 2.24) is 0 Å². The van der Waals surface area contributed by atoms with E-state index in [1.165, 1.54) is 0 Å². The van der Waals surface area contributed by atoms with E-state index in [1.54, 1.807) is 0 Å². The Morgan fingerprint density at radius 1 is 1.55 bits per heavy atom. The van der Waals surface area contributed by atoms with Gasteiger partial charge in [-0.1, -0.05) is 6.92 Å². The van der Waals surface area contributed by atoms with E-state index in [0.29, 0.717) is 19.8 Å². The molecular formula is C6H13O4P. The summed E-state index contributed by atoms with van der Waals surface area (Å²) in [4.78, 5) is 17.0. The molecule has 0 aromatic rings. The van der Waals surface area contributed by atoms with Gasteiger partial charge in [0.1, 0.15) is 0 Å². The highest BCUT2D eigenvalue weighted by atomic mass is 31.2. The second-order valence-corrected chi connectivity index (χ2v) is 3.64. The predicted molar refractivity (Wildman–Crippen MR) is 40.9 cm³/mol. The monoisotopic (exact) mass is 180 g/mol. The predicted octanol–water partition coefficient (Wildman–Crippen LogP) is 0.641. The van der Waals surface area contributed by atoms with Gasteiger partial charge in [0.15, 0.2) is 0 Å². The Labute approximate surface area is 67.1 Å². The molecule has 0 aliphatic carbocycles. The Morgan fingerprint density at radius 3 is 2.45 bits per heavy atom. The van der Waals surface area contributed by atoms with Crippen LogP contribution in [-0.2, 0) is 9.26 Å². The van der Waals surface area contributed by atoms with Crippen LogP contribution in [0.4, 0.5) is 0 Å². The largest absolute Gasteiger partial charge is 0.380 e. The van der Waals surface area contributed by atoms with Gasteiger partial charge in [0.2, 0.25) is 0 Å². The van der Waals surface area contributed by atoms with Gasteiger partial charge in [0.05, 0.1) is 19.8 Å². The van der Waals surface area contributed by atoms with E-state index in [9.17, 15) is 0 Å². The Balaban J connectivity index is 2.22. The van der Waals surface area contributed by atoms with Gasteiger partial charge in [0, 0.05) is 5.41 Å². The van der Waals surface area contributed by atoms with E-state index in [4.69, 9.17) is 19.0 Å². The molecule has 0 amide bonds. The molecule has 0 spiro atoms. The van der Waals surface area contributed by atoms with E-state index in [0.717, 1.165) is 6.42 Å². The minimum atomic E-state index is -2.20. The van der Waals surface area contributed by atoms with Crippen molar-refractivity contribution in [2.45, 2.75) is 13.3 Å². The maximum absolute atomic E-state index is 8.49. The molecule has 1 aliphatic heterocycles. The Morgan fingerprint density at radius 2 is 2.18 bits per heavy atom. The highest BCUT2D eigenvalue weighted by Gasteiger charge is 2.37. The van der Waals surface area contributed by atoms with Crippen LogP contribution < -0.4 is 0 Å². The standard InChI is InChI=1S/C6H13O4P/c1-2-6(3-9-4-6)5-10-11(7)8/h7-8H,2-5H2,1H3. The summed E-state index contributed by atoms with van der Waals surface area (Å²) >= 11 is 0. The second kappa shape index (κ2) is 3.78. The van der Waals surface area contributed by atoms with Crippen LogP contribution in [0.3, 0.4) is 0 Å². The molecule has 1 fully saturated rings. The third-order valence-corrected chi connectivity index (χ3v) is 2.41. The summed E-state index contributed by atoms with van der Waals surface area (Å²) in [7, 11) is -2.20. The molecule has 0 aromatic heterocycles. The lowest BCUT2D eigenvalue weighted by molar-refractivity contribution is -0.134. The fourth-order valence-electron chi connectivity index (χ4n) is 0.975. The molecule has 1 saturated heterocycles. The van der Waals surface area contributed by atoms with Gasteiger partial charge in [-0.05, 0) is 6.42 Å². The van der Waals surface area contributed by atoms with E-state index >= 15 is 0 Å². The van der Waals surface area contributed by atoms with Crippen LogP contribution in [0.15, 0.2) is 0 Å². The average molecular weight is 180 g/mol. The third-order valence-electron chi connectivity index (χ3n) is 2.05. The SMILES string of the molecule is CCC1(COP(O)O)COC1. The van der Waals surface area contributed by atoms with Crippen molar-refractivity contribution in [2.24, 2.45) is 5.41 Å². The van der Waals surface area contributed by atoms with Crippen LogP contribution in [0.25, 0.3) is 0 Å². The van der Waals surface area contributed by atoms with Crippen molar-refractivity contribution in [3.8, 4) is 0 Å². The lowest BCUT2D eigenvalue weighted by Gasteiger charge is -2.40. The summed E-state index contributed by atoms with van der Waals surface area (Å²) in [5.41, 5.74) is 0.0477. The lowest BCUT2D eigenvalue weighted by Crippen LogP contribution is -2.45. The summed E-state index contributed by atoms with van der Waals surface area (Å²) in [6, 6.07) is 0. The Bertz CT molecular complexity index is 118. The third kappa shape index (κ3) is 2.36. The molecular weight excluding hydrogens is 167 g/mol. The first-order valence-corrected chi connectivity index (χ1v) is 4.74. The van der Waals surface area contributed by atoms with Crippen molar-refractivity contribution >= 4 is 8.60 Å². The van der Waals surface area contributed by atoms with Crippen LogP contribution in [0, 0.1) is 5.41 Å². The van der Waals surface area contributed by atoms with Gasteiger partial charge >= 0.3 is 8.60 Å². The van der Waals surface area contributed by atoms with Gasteiger partial charge in [-0.3, -0.25) is 0 Å². The van der Waals surface area contributed by atoms with Crippen molar-refractivity contribution in [3.05, 3.63) is 0 Å². The second-order valence-electron chi connectivity index (χ2n) is 2.87. The molecule has 0 aromatic carbocycles. The van der Waals surface area contributed by atoms with E-state index in [1.807, 2.05) is 6.92 Å². The summed E-state index contributed by atoms with van der Waals surface area (Å²) in [6.07, 6.45) is 0.955. The zero-order chi connectivity index (χ0) is 8.32. The molecule has 4 nitrogen and oxygen atoms in total. The first-order chi connectivity index (χ1) is 5.18. The molecule has 2 N–H and O–H groups in total. The molecule has 5 heteroatoms. The molecule has 66 valence electrons. The molecule has 0 unspecified atom stereocenters. The minimum absolute atomic E-state index is 0.0477. The van der Waals surface area contributed by atoms with Crippen LogP contribution in [0.2, 0.25) is 0 Å². The summed E-state index contributed by atoms with van der Waals surface area (Å²) in [6.45, 7) is 3.78. The molecule has 1 rings (SSSR count). The molecule has 0 radical (unpaired) electrons. The fraction of sp³-hybridized carbons (Fsp3) is 1.00. The number of hydrogen-bond donors (Lipinski definition) is 2. The van der Waals surface area contributed by atoms with E-state index in [2.05, 4.69) is 0 Å². The highest BCUT2D eigenvalue weighted by molar-refractivity contribution is 7.39. The van der Waals surface area contributed by atoms with Crippen molar-refractivity contribution in [3.63, 3.8) is 0 Å². The van der Waals surface area contributed by atoms with Gasteiger partial charge in [-0.2, -0.15) is 0 Å². The topological polar surface area (TPSA) is 58.9 Å². The molecule has 0 atom stereocenters. The molecule has 1 heterocycles. The minimum Gasteiger partial charge on any atom is -0.380 e. The van der Waals surface area contributed by atoms with Gasteiger partial charge in [-0.25, -0.2) is 0 Å². The fourth-order valence-corrected chi connectivity index (χ4v) is 1.36. The number of rotatable bonds is 4. The highest BCUT2D eigenvalue weighted by Crippen LogP contribution is 2.36. The van der Waals surface area contributed by atoms with E-state index < -0.39 is 8.60 Å². The first kappa shape index (κ1) is 9.36. The zero-order valence-electron chi connectivity index (χ0n) is 6.49. The van der Waals surface area contributed by atoms with Gasteiger partial charge in [0.25, 0.3) is 0 Å². The van der Waals surface area contributed by atoms with Crippen molar-refractivity contribution < 1.29 is 19.0 Å². The number of ether oxygens (including phenoxy) is 1. The zero-order valence-corrected chi connectivity index (χ0v) is 7.38. The van der Waals surface area contributed by atoms with Crippen molar-refractivity contribution in [1.29, 1.82) is 0 Å². The van der Waals surface area contributed by atoms with Crippen LogP contribution in [0.5, 0.6) is 0 Å². The van der Waals surface area contributed by atoms with Crippen molar-refractivity contribution in [2.75, 3.05) is 19.8 Å². The summed E-state index contributed by atoms with van der Waals surface area (Å²) < 4.78 is 9.76. The maximum atomic E-state index is 8.49. The van der Waals surface area contributed by atoms with Gasteiger partial charge < -0.3 is 19.0 Å². The van der Waals surface area contributed by atoms with Crippen LogP contribution in [-0.4, -0.2) is 29.6 Å². The van der Waals surface area contributed by atoms with Crippen LogP contribution in [0.1, 0.15) is 13.3 Å².